The number of nitrogens with one attached hydrogen (secondary N) is 2. The molecule has 1 atom stereocenters. The molecule has 0 aromatic heterocycles. The standard InChI is InChI=1S/C20H24N2OS/c1-5-14(3)16-8-6-7-9-18(16)21-20(24)22-19(23)17-11-10-13(2)12-15(17)4/h6-12,14H,5H2,1-4H3,(H2,21,22,23,24)/t14-/m0/s1. The van der Waals surface area contributed by atoms with E-state index in [1.165, 1.54) is 5.56 Å². The molecule has 0 aliphatic carbocycles. The summed E-state index contributed by atoms with van der Waals surface area (Å²) in [7, 11) is 0. The Morgan fingerprint density at radius 2 is 1.88 bits per heavy atom. The summed E-state index contributed by atoms with van der Waals surface area (Å²) in [6.07, 6.45) is 1.04. The van der Waals surface area contributed by atoms with Gasteiger partial charge in [-0.2, -0.15) is 0 Å². The first-order valence-corrected chi connectivity index (χ1v) is 8.61. The summed E-state index contributed by atoms with van der Waals surface area (Å²) < 4.78 is 0. The van der Waals surface area contributed by atoms with E-state index in [9.17, 15) is 4.79 Å². The molecule has 0 bridgehead atoms. The highest BCUT2D eigenvalue weighted by atomic mass is 32.1. The van der Waals surface area contributed by atoms with Crippen molar-refractivity contribution in [2.45, 2.75) is 40.0 Å². The molecule has 126 valence electrons. The first kappa shape index (κ1) is 18.1. The van der Waals surface area contributed by atoms with Gasteiger partial charge in [-0.3, -0.25) is 10.1 Å². The maximum atomic E-state index is 12.4. The molecular weight excluding hydrogens is 316 g/mol. The molecule has 4 heteroatoms. The molecule has 0 saturated heterocycles. The number of anilines is 1. The summed E-state index contributed by atoms with van der Waals surface area (Å²) >= 11 is 5.32. The third kappa shape index (κ3) is 4.42. The first-order chi connectivity index (χ1) is 11.4. The lowest BCUT2D eigenvalue weighted by Gasteiger charge is -2.17. The maximum Gasteiger partial charge on any atom is 0.257 e. The molecule has 0 radical (unpaired) electrons. The molecule has 0 unspecified atom stereocenters. The van der Waals surface area contributed by atoms with E-state index in [4.69, 9.17) is 12.2 Å². The summed E-state index contributed by atoms with van der Waals surface area (Å²) in [6, 6.07) is 13.8. The molecule has 3 nitrogen and oxygen atoms in total. The van der Waals surface area contributed by atoms with Gasteiger partial charge in [-0.05, 0) is 61.7 Å². The van der Waals surface area contributed by atoms with Gasteiger partial charge in [0, 0.05) is 11.3 Å². The Balaban J connectivity index is 2.10. The quantitative estimate of drug-likeness (QED) is 0.774. The van der Waals surface area contributed by atoms with Gasteiger partial charge in [0.1, 0.15) is 0 Å². The second kappa shape index (κ2) is 8.06. The van der Waals surface area contributed by atoms with Crippen molar-refractivity contribution in [1.82, 2.24) is 5.32 Å². The highest BCUT2D eigenvalue weighted by Gasteiger charge is 2.13. The van der Waals surface area contributed by atoms with Crippen LogP contribution in [0.4, 0.5) is 5.69 Å². The second-order valence-electron chi connectivity index (χ2n) is 6.12. The van der Waals surface area contributed by atoms with Gasteiger partial charge in [-0.15, -0.1) is 0 Å². The van der Waals surface area contributed by atoms with Crippen LogP contribution in [0.2, 0.25) is 0 Å². The van der Waals surface area contributed by atoms with Crippen LogP contribution in [0, 0.1) is 13.8 Å². The Kier molecular flexibility index (Phi) is 6.10. The molecular formula is C20H24N2OS. The fourth-order valence-corrected chi connectivity index (χ4v) is 2.86. The average molecular weight is 340 g/mol. The molecule has 0 heterocycles. The number of rotatable bonds is 4. The smallest absolute Gasteiger partial charge is 0.257 e. The van der Waals surface area contributed by atoms with E-state index in [-0.39, 0.29) is 5.91 Å². The Morgan fingerprint density at radius 1 is 1.17 bits per heavy atom. The highest BCUT2D eigenvalue weighted by Crippen LogP contribution is 2.26. The van der Waals surface area contributed by atoms with Crippen LogP contribution in [0.3, 0.4) is 0 Å². The number of carbonyl (C=O) groups excluding carboxylic acids is 1. The van der Waals surface area contributed by atoms with Crippen molar-refractivity contribution in [3.05, 3.63) is 64.7 Å². The summed E-state index contributed by atoms with van der Waals surface area (Å²) in [5, 5.41) is 6.24. The zero-order valence-electron chi connectivity index (χ0n) is 14.6. The van der Waals surface area contributed by atoms with Crippen molar-refractivity contribution in [2.24, 2.45) is 0 Å². The molecule has 2 aromatic carbocycles. The van der Waals surface area contributed by atoms with E-state index in [1.807, 2.05) is 50.2 Å². The fraction of sp³-hybridized carbons (Fsp3) is 0.300. The number of carbonyl (C=O) groups is 1. The number of thiocarbonyl (C=S) groups is 1. The van der Waals surface area contributed by atoms with Crippen molar-refractivity contribution < 1.29 is 4.79 Å². The number of amides is 1. The topological polar surface area (TPSA) is 41.1 Å². The van der Waals surface area contributed by atoms with Crippen LogP contribution in [-0.2, 0) is 0 Å². The van der Waals surface area contributed by atoms with Gasteiger partial charge in [-0.1, -0.05) is 49.7 Å². The van der Waals surface area contributed by atoms with Gasteiger partial charge in [0.2, 0.25) is 0 Å². The molecule has 2 rings (SSSR count). The van der Waals surface area contributed by atoms with Crippen molar-refractivity contribution in [2.75, 3.05) is 5.32 Å². The Morgan fingerprint density at radius 3 is 2.54 bits per heavy atom. The van der Waals surface area contributed by atoms with Crippen LogP contribution in [0.15, 0.2) is 42.5 Å². The molecule has 0 fully saturated rings. The minimum Gasteiger partial charge on any atom is -0.332 e. The summed E-state index contributed by atoms with van der Waals surface area (Å²) in [6.45, 7) is 8.27. The molecule has 0 spiro atoms. The van der Waals surface area contributed by atoms with Crippen LogP contribution in [-0.4, -0.2) is 11.0 Å². The third-order valence-corrected chi connectivity index (χ3v) is 4.41. The summed E-state index contributed by atoms with van der Waals surface area (Å²) in [5.74, 6) is 0.234. The van der Waals surface area contributed by atoms with Crippen molar-refractivity contribution >= 4 is 28.9 Å². The molecule has 2 N–H and O–H groups in total. The van der Waals surface area contributed by atoms with E-state index in [1.54, 1.807) is 0 Å². The molecule has 24 heavy (non-hydrogen) atoms. The molecule has 0 saturated carbocycles. The third-order valence-electron chi connectivity index (χ3n) is 4.21. The van der Waals surface area contributed by atoms with E-state index in [0.29, 0.717) is 16.6 Å². The predicted molar refractivity (Wildman–Crippen MR) is 105 cm³/mol. The normalized spacial score (nSPS) is 11.7. The zero-order valence-corrected chi connectivity index (χ0v) is 15.5. The van der Waals surface area contributed by atoms with Gasteiger partial charge < -0.3 is 5.32 Å². The number of hydrogen-bond acceptors (Lipinski definition) is 2. The van der Waals surface area contributed by atoms with Crippen molar-refractivity contribution in [1.29, 1.82) is 0 Å². The Hall–Kier alpha value is -2.20. The van der Waals surface area contributed by atoms with Gasteiger partial charge >= 0.3 is 0 Å². The molecule has 0 aliphatic rings. The lowest BCUT2D eigenvalue weighted by Crippen LogP contribution is -2.34. The van der Waals surface area contributed by atoms with Gasteiger partial charge in [0.05, 0.1) is 0 Å². The van der Waals surface area contributed by atoms with Crippen LogP contribution >= 0.6 is 12.2 Å². The largest absolute Gasteiger partial charge is 0.332 e. The van der Waals surface area contributed by atoms with Crippen molar-refractivity contribution in [3.63, 3.8) is 0 Å². The van der Waals surface area contributed by atoms with E-state index in [0.717, 1.165) is 23.2 Å². The number of benzene rings is 2. The second-order valence-corrected chi connectivity index (χ2v) is 6.53. The summed E-state index contributed by atoms with van der Waals surface area (Å²) in [5.41, 5.74) is 4.85. The predicted octanol–water partition coefficient (Wildman–Crippen LogP) is 4.94. The number of aryl methyl sites for hydroxylation is 2. The van der Waals surface area contributed by atoms with Crippen molar-refractivity contribution in [3.8, 4) is 0 Å². The monoisotopic (exact) mass is 340 g/mol. The number of para-hydroxylation sites is 1. The molecule has 2 aromatic rings. The lowest BCUT2D eigenvalue weighted by atomic mass is 9.97. The van der Waals surface area contributed by atoms with Crippen LogP contribution in [0.5, 0.6) is 0 Å². The highest BCUT2D eigenvalue weighted by molar-refractivity contribution is 7.80. The first-order valence-electron chi connectivity index (χ1n) is 8.21. The van der Waals surface area contributed by atoms with E-state index >= 15 is 0 Å². The van der Waals surface area contributed by atoms with E-state index < -0.39 is 0 Å². The van der Waals surface area contributed by atoms with Gasteiger partial charge in [0.25, 0.3) is 5.91 Å². The van der Waals surface area contributed by atoms with Gasteiger partial charge in [-0.25, -0.2) is 0 Å². The van der Waals surface area contributed by atoms with Gasteiger partial charge in [0.15, 0.2) is 5.11 Å². The minimum atomic E-state index is -0.189. The maximum absolute atomic E-state index is 12.4. The minimum absolute atomic E-state index is 0.189. The van der Waals surface area contributed by atoms with Crippen LogP contribution in [0.1, 0.15) is 53.2 Å². The average Bonchev–Trinajstić information content (AvgIpc) is 2.54. The van der Waals surface area contributed by atoms with Crippen LogP contribution in [0.25, 0.3) is 0 Å². The Bertz CT molecular complexity index is 755. The Labute approximate surface area is 149 Å². The SMILES string of the molecule is CC[C@H](C)c1ccccc1NC(=S)NC(=O)c1ccc(C)cc1C. The zero-order chi connectivity index (χ0) is 17.7. The summed E-state index contributed by atoms with van der Waals surface area (Å²) in [4.78, 5) is 12.4. The molecule has 0 aliphatic heterocycles. The lowest BCUT2D eigenvalue weighted by molar-refractivity contribution is 0.0977. The number of hydrogen-bond donors (Lipinski definition) is 2. The van der Waals surface area contributed by atoms with E-state index in [2.05, 4.69) is 30.5 Å². The molecule has 1 amide bonds. The fourth-order valence-electron chi connectivity index (χ4n) is 2.65. The van der Waals surface area contributed by atoms with Crippen LogP contribution < -0.4 is 10.6 Å².